The number of benzene rings is 1. The van der Waals surface area contributed by atoms with Gasteiger partial charge in [-0.25, -0.2) is 8.78 Å². The van der Waals surface area contributed by atoms with E-state index >= 15 is 0 Å². The third kappa shape index (κ3) is 3.42. The number of alkyl halides is 2. The minimum atomic E-state index is -2.50. The molecule has 1 aromatic rings. The van der Waals surface area contributed by atoms with E-state index in [1.54, 1.807) is 0 Å². The lowest BCUT2D eigenvalue weighted by molar-refractivity contribution is -0.122. The summed E-state index contributed by atoms with van der Waals surface area (Å²) in [5.41, 5.74) is 1.16. The average molecular weight is 293 g/mol. The number of carbonyl (C=O) groups excluding carboxylic acids is 1. The smallest absolute Gasteiger partial charge is 0.248 e. The standard InChI is InChI=1S/C17H21F2NO/c18-17(19)8-6-13(7-9-17)15-11-14(16(21)20-15)10-12-4-2-1-3-5-12/h1-5,13-15H,6-11H2,(H,20,21). The second-order valence-electron chi connectivity index (χ2n) is 6.43. The van der Waals surface area contributed by atoms with E-state index in [1.165, 1.54) is 0 Å². The molecule has 21 heavy (non-hydrogen) atoms. The quantitative estimate of drug-likeness (QED) is 0.907. The van der Waals surface area contributed by atoms with E-state index in [0.29, 0.717) is 12.8 Å². The summed E-state index contributed by atoms with van der Waals surface area (Å²) in [7, 11) is 0. The molecule has 1 saturated carbocycles. The molecule has 0 spiro atoms. The molecular formula is C17H21F2NO. The highest BCUT2D eigenvalue weighted by atomic mass is 19.3. The van der Waals surface area contributed by atoms with Gasteiger partial charge in [-0.1, -0.05) is 30.3 Å². The fourth-order valence-electron chi connectivity index (χ4n) is 3.62. The first-order valence-electron chi connectivity index (χ1n) is 7.76. The van der Waals surface area contributed by atoms with E-state index < -0.39 is 5.92 Å². The number of hydrogen-bond donors (Lipinski definition) is 1. The number of nitrogens with one attached hydrogen (secondary N) is 1. The van der Waals surface area contributed by atoms with Gasteiger partial charge in [-0.15, -0.1) is 0 Å². The number of rotatable bonds is 3. The molecule has 1 N–H and O–H groups in total. The van der Waals surface area contributed by atoms with Crippen molar-refractivity contribution in [2.24, 2.45) is 11.8 Å². The summed E-state index contributed by atoms with van der Waals surface area (Å²) in [6.07, 6.45) is 2.50. The first-order valence-corrected chi connectivity index (χ1v) is 7.76. The van der Waals surface area contributed by atoms with Gasteiger partial charge in [0.25, 0.3) is 0 Å². The molecule has 2 aliphatic rings. The summed E-state index contributed by atoms with van der Waals surface area (Å²) in [6, 6.07) is 10.1. The van der Waals surface area contributed by atoms with Gasteiger partial charge < -0.3 is 5.32 Å². The molecular weight excluding hydrogens is 272 g/mol. The zero-order valence-corrected chi connectivity index (χ0v) is 12.0. The van der Waals surface area contributed by atoms with E-state index in [0.717, 1.165) is 18.4 Å². The highest BCUT2D eigenvalue weighted by Crippen LogP contribution is 2.39. The topological polar surface area (TPSA) is 29.1 Å². The first-order chi connectivity index (χ1) is 10.0. The lowest BCUT2D eigenvalue weighted by Crippen LogP contribution is -2.37. The maximum Gasteiger partial charge on any atom is 0.248 e. The molecule has 1 amide bonds. The molecule has 0 aromatic heterocycles. The van der Waals surface area contributed by atoms with Crippen molar-refractivity contribution in [3.63, 3.8) is 0 Å². The van der Waals surface area contributed by atoms with E-state index in [9.17, 15) is 13.6 Å². The van der Waals surface area contributed by atoms with Gasteiger partial charge in [-0.3, -0.25) is 4.79 Å². The number of halogens is 2. The zero-order chi connectivity index (χ0) is 14.9. The highest BCUT2D eigenvalue weighted by molar-refractivity contribution is 5.81. The van der Waals surface area contributed by atoms with Gasteiger partial charge in [0.1, 0.15) is 0 Å². The van der Waals surface area contributed by atoms with Crippen LogP contribution in [-0.4, -0.2) is 17.9 Å². The van der Waals surface area contributed by atoms with Crippen LogP contribution in [-0.2, 0) is 11.2 Å². The van der Waals surface area contributed by atoms with Gasteiger partial charge in [0.05, 0.1) is 0 Å². The monoisotopic (exact) mass is 293 g/mol. The molecule has 2 unspecified atom stereocenters. The summed E-state index contributed by atoms with van der Waals surface area (Å²) in [6.45, 7) is 0. The summed E-state index contributed by atoms with van der Waals surface area (Å²) in [5, 5.41) is 3.04. The summed E-state index contributed by atoms with van der Waals surface area (Å²) in [5.74, 6) is -2.21. The van der Waals surface area contributed by atoms with E-state index in [1.807, 2.05) is 30.3 Å². The van der Waals surface area contributed by atoms with Gasteiger partial charge in [0, 0.05) is 24.8 Å². The van der Waals surface area contributed by atoms with Crippen molar-refractivity contribution in [1.29, 1.82) is 0 Å². The Morgan fingerprint density at radius 2 is 1.81 bits per heavy atom. The molecule has 3 rings (SSSR count). The maximum atomic E-state index is 13.2. The number of amides is 1. The molecule has 2 atom stereocenters. The average Bonchev–Trinajstić information content (AvgIpc) is 2.81. The fraction of sp³-hybridized carbons (Fsp3) is 0.588. The molecule has 114 valence electrons. The van der Waals surface area contributed by atoms with Crippen LogP contribution in [0.1, 0.15) is 37.7 Å². The van der Waals surface area contributed by atoms with Crippen molar-refractivity contribution in [3.8, 4) is 0 Å². The molecule has 2 fully saturated rings. The first kappa shape index (κ1) is 14.5. The van der Waals surface area contributed by atoms with E-state index in [4.69, 9.17) is 0 Å². The van der Waals surface area contributed by atoms with E-state index in [2.05, 4.69) is 5.32 Å². The predicted molar refractivity (Wildman–Crippen MR) is 77.1 cm³/mol. The van der Waals surface area contributed by atoms with Crippen molar-refractivity contribution < 1.29 is 13.6 Å². The third-order valence-electron chi connectivity index (χ3n) is 4.89. The minimum absolute atomic E-state index is 0.0140. The molecule has 0 bridgehead atoms. The molecule has 2 nitrogen and oxygen atoms in total. The summed E-state index contributed by atoms with van der Waals surface area (Å²) in [4.78, 5) is 12.1. The minimum Gasteiger partial charge on any atom is -0.353 e. The van der Waals surface area contributed by atoms with Crippen molar-refractivity contribution in [1.82, 2.24) is 5.32 Å². The number of carbonyl (C=O) groups is 1. The second-order valence-corrected chi connectivity index (χ2v) is 6.43. The van der Waals surface area contributed by atoms with Crippen molar-refractivity contribution >= 4 is 5.91 Å². The third-order valence-corrected chi connectivity index (χ3v) is 4.89. The van der Waals surface area contributed by atoms with Crippen LogP contribution in [0.5, 0.6) is 0 Å². The Labute approximate surface area is 123 Å². The lowest BCUT2D eigenvalue weighted by atomic mass is 9.80. The van der Waals surface area contributed by atoms with Crippen molar-refractivity contribution in [2.75, 3.05) is 0 Å². The molecule has 1 aromatic carbocycles. The van der Waals surface area contributed by atoms with Crippen LogP contribution in [0.4, 0.5) is 8.78 Å². The van der Waals surface area contributed by atoms with Crippen LogP contribution < -0.4 is 5.32 Å². The Morgan fingerprint density at radius 3 is 2.48 bits per heavy atom. The highest BCUT2D eigenvalue weighted by Gasteiger charge is 2.41. The fourth-order valence-corrected chi connectivity index (χ4v) is 3.62. The maximum absolute atomic E-state index is 13.2. The van der Waals surface area contributed by atoms with E-state index in [-0.39, 0.29) is 36.6 Å². The Kier molecular flexibility index (Phi) is 3.96. The van der Waals surface area contributed by atoms with Crippen LogP contribution in [0.3, 0.4) is 0 Å². The van der Waals surface area contributed by atoms with Crippen LogP contribution in [0, 0.1) is 11.8 Å². The summed E-state index contributed by atoms with van der Waals surface area (Å²) >= 11 is 0. The Hall–Kier alpha value is -1.45. The Bertz CT molecular complexity index is 493. The van der Waals surface area contributed by atoms with Gasteiger partial charge >= 0.3 is 0 Å². The largest absolute Gasteiger partial charge is 0.353 e. The van der Waals surface area contributed by atoms with Gasteiger partial charge in [0.2, 0.25) is 11.8 Å². The second kappa shape index (κ2) is 5.74. The SMILES string of the molecule is O=C1NC(C2CCC(F)(F)CC2)CC1Cc1ccccc1. The normalized spacial score (nSPS) is 29.3. The predicted octanol–water partition coefficient (Wildman–Crippen LogP) is 3.56. The van der Waals surface area contributed by atoms with Gasteiger partial charge in [0.15, 0.2) is 0 Å². The molecule has 1 aliphatic carbocycles. The molecule has 0 radical (unpaired) electrons. The number of hydrogen-bond acceptors (Lipinski definition) is 1. The van der Waals surface area contributed by atoms with Gasteiger partial charge in [-0.05, 0) is 37.2 Å². The zero-order valence-electron chi connectivity index (χ0n) is 12.0. The van der Waals surface area contributed by atoms with Crippen molar-refractivity contribution in [2.45, 2.75) is 50.5 Å². The molecule has 1 aliphatic heterocycles. The summed E-state index contributed by atoms with van der Waals surface area (Å²) < 4.78 is 26.4. The van der Waals surface area contributed by atoms with Crippen LogP contribution in [0.25, 0.3) is 0 Å². The van der Waals surface area contributed by atoms with Crippen LogP contribution in [0.15, 0.2) is 30.3 Å². The van der Waals surface area contributed by atoms with Crippen LogP contribution >= 0.6 is 0 Å². The van der Waals surface area contributed by atoms with Crippen molar-refractivity contribution in [3.05, 3.63) is 35.9 Å². The lowest BCUT2D eigenvalue weighted by Gasteiger charge is -2.31. The Morgan fingerprint density at radius 1 is 1.14 bits per heavy atom. The Balaban J connectivity index is 1.58. The molecule has 1 heterocycles. The van der Waals surface area contributed by atoms with Gasteiger partial charge in [-0.2, -0.15) is 0 Å². The van der Waals surface area contributed by atoms with Crippen LogP contribution in [0.2, 0.25) is 0 Å². The molecule has 1 saturated heterocycles. The molecule has 4 heteroatoms.